The molecule has 1 atom stereocenters. The lowest BCUT2D eigenvalue weighted by Crippen LogP contribution is -2.11. The van der Waals surface area contributed by atoms with Crippen LogP contribution in [0.25, 0.3) is 0 Å². The normalized spacial score (nSPS) is 12.5. The molecule has 1 aromatic heterocycles. The predicted octanol–water partition coefficient (Wildman–Crippen LogP) is 2.96. The van der Waals surface area contributed by atoms with E-state index in [1.165, 1.54) is 0 Å². The zero-order valence-corrected chi connectivity index (χ0v) is 11.3. The molecular formula is C13H23N3O. The van der Waals surface area contributed by atoms with Crippen LogP contribution in [0.5, 0.6) is 0 Å². The summed E-state index contributed by atoms with van der Waals surface area (Å²) >= 11 is 0. The van der Waals surface area contributed by atoms with E-state index in [2.05, 4.69) is 29.1 Å². The molecule has 4 nitrogen and oxygen atoms in total. The Balaban J connectivity index is 2.99. The summed E-state index contributed by atoms with van der Waals surface area (Å²) in [5, 5.41) is 3.08. The van der Waals surface area contributed by atoms with E-state index in [4.69, 9.17) is 4.74 Å². The molecule has 0 amide bonds. The second kappa shape index (κ2) is 7.22. The molecule has 17 heavy (non-hydrogen) atoms. The maximum absolute atomic E-state index is 5.66. The molecule has 0 spiro atoms. The molecule has 1 N–H and O–H groups in total. The van der Waals surface area contributed by atoms with Gasteiger partial charge in [-0.25, -0.2) is 9.97 Å². The summed E-state index contributed by atoms with van der Waals surface area (Å²) < 4.78 is 5.66. The third-order valence-electron chi connectivity index (χ3n) is 2.59. The monoisotopic (exact) mass is 237 g/mol. The highest BCUT2D eigenvalue weighted by Gasteiger charge is 2.14. The average molecular weight is 237 g/mol. The molecule has 1 aromatic rings. The van der Waals surface area contributed by atoms with Gasteiger partial charge in [0, 0.05) is 25.4 Å². The molecule has 0 bridgehead atoms. The van der Waals surface area contributed by atoms with E-state index in [9.17, 15) is 0 Å². The third-order valence-corrected chi connectivity index (χ3v) is 2.59. The third kappa shape index (κ3) is 3.97. The van der Waals surface area contributed by atoms with Gasteiger partial charge in [0.1, 0.15) is 11.9 Å². The van der Waals surface area contributed by atoms with Crippen LogP contribution in [0, 0.1) is 0 Å². The molecule has 0 aliphatic carbocycles. The van der Waals surface area contributed by atoms with Gasteiger partial charge in [-0.3, -0.25) is 0 Å². The molecule has 0 radical (unpaired) electrons. The van der Waals surface area contributed by atoms with Crippen molar-refractivity contribution in [2.45, 2.75) is 46.1 Å². The summed E-state index contributed by atoms with van der Waals surface area (Å²) in [6.07, 6.45) is 2.97. The number of aryl methyl sites for hydroxylation is 1. The number of aromatic nitrogens is 2. The van der Waals surface area contributed by atoms with Gasteiger partial charge in [0.15, 0.2) is 5.82 Å². The molecule has 0 aliphatic heterocycles. The summed E-state index contributed by atoms with van der Waals surface area (Å²) in [7, 11) is 1.88. The summed E-state index contributed by atoms with van der Waals surface area (Å²) in [4.78, 5) is 9.06. The van der Waals surface area contributed by atoms with E-state index < -0.39 is 0 Å². The molecule has 4 heteroatoms. The summed E-state index contributed by atoms with van der Waals surface area (Å²) in [6.45, 7) is 6.93. The predicted molar refractivity (Wildman–Crippen MR) is 70.2 cm³/mol. The zero-order valence-electron chi connectivity index (χ0n) is 11.3. The van der Waals surface area contributed by atoms with Crippen LogP contribution in [0.15, 0.2) is 6.07 Å². The van der Waals surface area contributed by atoms with Gasteiger partial charge in [0.25, 0.3) is 0 Å². The highest BCUT2D eigenvalue weighted by molar-refractivity contribution is 5.35. The van der Waals surface area contributed by atoms with Crippen LogP contribution >= 0.6 is 0 Å². The number of hydrogen-bond donors (Lipinski definition) is 1. The first-order chi connectivity index (χ1) is 8.24. The molecule has 0 saturated heterocycles. The zero-order chi connectivity index (χ0) is 12.7. The van der Waals surface area contributed by atoms with Gasteiger partial charge in [-0.15, -0.1) is 0 Å². The first-order valence-corrected chi connectivity index (χ1v) is 6.42. The minimum absolute atomic E-state index is 0.00362. The molecule has 1 rings (SSSR count). The smallest absolute Gasteiger partial charge is 0.159 e. The Kier molecular flexibility index (Phi) is 5.91. The lowest BCUT2D eigenvalue weighted by Gasteiger charge is -2.15. The van der Waals surface area contributed by atoms with E-state index in [0.29, 0.717) is 6.61 Å². The van der Waals surface area contributed by atoms with Gasteiger partial charge in [-0.2, -0.15) is 0 Å². The largest absolute Gasteiger partial charge is 0.373 e. The highest BCUT2D eigenvalue weighted by atomic mass is 16.5. The van der Waals surface area contributed by atoms with Crippen LogP contribution in [0.2, 0.25) is 0 Å². The van der Waals surface area contributed by atoms with Crippen LogP contribution in [0.3, 0.4) is 0 Å². The van der Waals surface area contributed by atoms with Crippen LogP contribution < -0.4 is 5.32 Å². The molecule has 96 valence electrons. The van der Waals surface area contributed by atoms with Gasteiger partial charge >= 0.3 is 0 Å². The van der Waals surface area contributed by atoms with Crippen molar-refractivity contribution >= 4 is 5.82 Å². The molecule has 0 aliphatic rings. The summed E-state index contributed by atoms with van der Waals surface area (Å²) in [5.41, 5.74) is 1.08. The van der Waals surface area contributed by atoms with Crippen molar-refractivity contribution in [3.63, 3.8) is 0 Å². The van der Waals surface area contributed by atoms with Crippen molar-refractivity contribution in [1.29, 1.82) is 0 Å². The SMILES string of the molecule is CCCc1cc(NC)nc(C(CC)OCC)n1. The molecule has 0 saturated carbocycles. The van der Waals surface area contributed by atoms with Crippen molar-refractivity contribution in [2.24, 2.45) is 0 Å². The van der Waals surface area contributed by atoms with Crippen LogP contribution in [0.1, 0.15) is 51.2 Å². The second-order valence-electron chi connectivity index (χ2n) is 3.95. The lowest BCUT2D eigenvalue weighted by molar-refractivity contribution is 0.0534. The van der Waals surface area contributed by atoms with Crippen LogP contribution in [0.4, 0.5) is 5.82 Å². The Labute approximate surface area is 104 Å². The standard InChI is InChI=1S/C13H23N3O/c1-5-8-10-9-12(14-4)16-13(15-10)11(6-2)17-7-3/h9,11H,5-8H2,1-4H3,(H,14,15,16). The van der Waals surface area contributed by atoms with E-state index >= 15 is 0 Å². The summed E-state index contributed by atoms with van der Waals surface area (Å²) in [6, 6.07) is 2.01. The second-order valence-corrected chi connectivity index (χ2v) is 3.95. The minimum atomic E-state index is 0.00362. The van der Waals surface area contributed by atoms with E-state index in [-0.39, 0.29) is 6.10 Å². The van der Waals surface area contributed by atoms with E-state index in [0.717, 1.165) is 36.6 Å². The Hall–Kier alpha value is -1.16. The maximum atomic E-state index is 5.66. The van der Waals surface area contributed by atoms with E-state index in [1.807, 2.05) is 20.0 Å². The topological polar surface area (TPSA) is 47.0 Å². The number of hydrogen-bond acceptors (Lipinski definition) is 4. The number of rotatable bonds is 7. The lowest BCUT2D eigenvalue weighted by atomic mass is 10.2. The highest BCUT2D eigenvalue weighted by Crippen LogP contribution is 2.19. The molecule has 0 aromatic carbocycles. The fourth-order valence-corrected chi connectivity index (χ4v) is 1.75. The van der Waals surface area contributed by atoms with Crippen molar-refractivity contribution in [3.05, 3.63) is 17.6 Å². The number of nitrogens with zero attached hydrogens (tertiary/aromatic N) is 2. The van der Waals surface area contributed by atoms with Gasteiger partial charge in [0.05, 0.1) is 0 Å². The molecule has 1 unspecified atom stereocenters. The van der Waals surface area contributed by atoms with Gasteiger partial charge in [0.2, 0.25) is 0 Å². The summed E-state index contributed by atoms with van der Waals surface area (Å²) in [5.74, 6) is 1.67. The van der Waals surface area contributed by atoms with E-state index in [1.54, 1.807) is 0 Å². The van der Waals surface area contributed by atoms with Gasteiger partial charge in [-0.1, -0.05) is 20.3 Å². The quantitative estimate of drug-likeness (QED) is 0.792. The Morgan fingerprint density at radius 2 is 2.06 bits per heavy atom. The Bertz CT molecular complexity index is 341. The molecule has 0 fully saturated rings. The Morgan fingerprint density at radius 3 is 2.59 bits per heavy atom. The Morgan fingerprint density at radius 1 is 1.29 bits per heavy atom. The van der Waals surface area contributed by atoms with Crippen LogP contribution in [-0.4, -0.2) is 23.6 Å². The fraction of sp³-hybridized carbons (Fsp3) is 0.692. The fourth-order valence-electron chi connectivity index (χ4n) is 1.75. The number of anilines is 1. The van der Waals surface area contributed by atoms with Crippen molar-refractivity contribution < 1.29 is 4.74 Å². The first kappa shape index (κ1) is 13.9. The van der Waals surface area contributed by atoms with Crippen LogP contribution in [-0.2, 0) is 11.2 Å². The molecular weight excluding hydrogens is 214 g/mol. The van der Waals surface area contributed by atoms with Crippen molar-refractivity contribution in [3.8, 4) is 0 Å². The minimum Gasteiger partial charge on any atom is -0.373 e. The van der Waals surface area contributed by atoms with Gasteiger partial charge < -0.3 is 10.1 Å². The first-order valence-electron chi connectivity index (χ1n) is 6.42. The van der Waals surface area contributed by atoms with Gasteiger partial charge in [-0.05, 0) is 19.8 Å². The van der Waals surface area contributed by atoms with Crippen molar-refractivity contribution in [1.82, 2.24) is 9.97 Å². The maximum Gasteiger partial charge on any atom is 0.159 e. The number of ether oxygens (including phenoxy) is 1. The van der Waals surface area contributed by atoms with Crippen molar-refractivity contribution in [2.75, 3.05) is 19.0 Å². The molecule has 1 heterocycles. The average Bonchev–Trinajstić information content (AvgIpc) is 2.35. The number of nitrogens with one attached hydrogen (secondary N) is 1.